The summed E-state index contributed by atoms with van der Waals surface area (Å²) in [6.07, 6.45) is 2.73. The lowest BCUT2D eigenvalue weighted by atomic mass is 10.1. The van der Waals surface area contributed by atoms with E-state index in [2.05, 4.69) is 27.4 Å². The maximum absolute atomic E-state index is 4.08. The Morgan fingerprint density at radius 2 is 2.46 bits per heavy atom. The van der Waals surface area contributed by atoms with Gasteiger partial charge in [-0.05, 0) is 30.3 Å². The molecule has 0 aromatic heterocycles. The van der Waals surface area contributed by atoms with Crippen molar-refractivity contribution in [2.75, 3.05) is 32.1 Å². The minimum absolute atomic E-state index is 0.823. The number of aliphatic imine (C=N–C) groups is 1. The molecule has 76 valence electrons. The number of nitrogens with one attached hydrogen (secondary N) is 2. The van der Waals surface area contributed by atoms with Crippen molar-refractivity contribution < 1.29 is 0 Å². The molecule has 0 saturated carbocycles. The average molecular weight is 201 g/mol. The van der Waals surface area contributed by atoms with Gasteiger partial charge in [-0.3, -0.25) is 4.99 Å². The first-order valence-corrected chi connectivity index (χ1v) is 5.98. The molecule has 1 aliphatic rings. The number of rotatable bonds is 2. The van der Waals surface area contributed by atoms with Crippen molar-refractivity contribution in [3.05, 3.63) is 0 Å². The van der Waals surface area contributed by atoms with E-state index in [4.69, 9.17) is 0 Å². The summed E-state index contributed by atoms with van der Waals surface area (Å²) in [4.78, 5) is 4.08. The minimum atomic E-state index is 0.823. The van der Waals surface area contributed by atoms with E-state index >= 15 is 0 Å². The number of hydrogen-bond acceptors (Lipinski definition) is 2. The van der Waals surface area contributed by atoms with Crippen molar-refractivity contribution in [2.24, 2.45) is 10.9 Å². The molecule has 1 unspecified atom stereocenters. The molecule has 3 nitrogen and oxygen atoms in total. The van der Waals surface area contributed by atoms with Crippen LogP contribution >= 0.6 is 11.8 Å². The molecule has 1 atom stereocenters. The first-order valence-electron chi connectivity index (χ1n) is 4.83. The van der Waals surface area contributed by atoms with E-state index in [-0.39, 0.29) is 0 Å². The Bertz CT molecular complexity index is 164. The zero-order valence-corrected chi connectivity index (χ0v) is 9.28. The predicted octanol–water partition coefficient (Wildman–Crippen LogP) is 0.924. The normalized spacial score (nSPS) is 24.2. The van der Waals surface area contributed by atoms with Crippen LogP contribution in [0.4, 0.5) is 0 Å². The summed E-state index contributed by atoms with van der Waals surface area (Å²) in [6.45, 7) is 1.06. The fourth-order valence-electron chi connectivity index (χ4n) is 1.49. The summed E-state index contributed by atoms with van der Waals surface area (Å²) >= 11 is 2.07. The Morgan fingerprint density at radius 3 is 3.00 bits per heavy atom. The molecular weight excluding hydrogens is 182 g/mol. The molecule has 0 aromatic rings. The SMILES string of the molecule is CN=C(NC)NCC1CCCSC1. The van der Waals surface area contributed by atoms with Crippen LogP contribution in [0.15, 0.2) is 4.99 Å². The van der Waals surface area contributed by atoms with Crippen LogP contribution in [0.5, 0.6) is 0 Å². The van der Waals surface area contributed by atoms with Gasteiger partial charge in [-0.15, -0.1) is 0 Å². The Hall–Kier alpha value is -0.380. The highest BCUT2D eigenvalue weighted by Crippen LogP contribution is 2.21. The summed E-state index contributed by atoms with van der Waals surface area (Å²) in [5.74, 6) is 4.37. The summed E-state index contributed by atoms with van der Waals surface area (Å²) in [5.41, 5.74) is 0. The van der Waals surface area contributed by atoms with Crippen molar-refractivity contribution in [2.45, 2.75) is 12.8 Å². The molecule has 13 heavy (non-hydrogen) atoms. The lowest BCUT2D eigenvalue weighted by Gasteiger charge is -2.22. The molecular formula is C9H19N3S. The minimum Gasteiger partial charge on any atom is -0.359 e. The molecule has 1 aliphatic heterocycles. The second-order valence-electron chi connectivity index (χ2n) is 3.29. The predicted molar refractivity (Wildman–Crippen MR) is 60.5 cm³/mol. The average Bonchev–Trinajstić information content (AvgIpc) is 2.21. The second kappa shape index (κ2) is 6.13. The summed E-state index contributed by atoms with van der Waals surface area (Å²) in [6, 6.07) is 0. The van der Waals surface area contributed by atoms with Crippen LogP contribution in [-0.2, 0) is 0 Å². The highest BCUT2D eigenvalue weighted by Gasteiger charge is 2.13. The summed E-state index contributed by atoms with van der Waals surface area (Å²) in [5, 5.41) is 6.34. The summed E-state index contributed by atoms with van der Waals surface area (Å²) < 4.78 is 0. The van der Waals surface area contributed by atoms with Crippen LogP contribution in [0.2, 0.25) is 0 Å². The molecule has 0 bridgehead atoms. The van der Waals surface area contributed by atoms with Gasteiger partial charge in [0.15, 0.2) is 5.96 Å². The van der Waals surface area contributed by atoms with Gasteiger partial charge in [0.1, 0.15) is 0 Å². The maximum Gasteiger partial charge on any atom is 0.190 e. The Morgan fingerprint density at radius 1 is 1.62 bits per heavy atom. The van der Waals surface area contributed by atoms with Crippen molar-refractivity contribution in [3.8, 4) is 0 Å². The quantitative estimate of drug-likeness (QED) is 0.515. The van der Waals surface area contributed by atoms with Gasteiger partial charge in [-0.25, -0.2) is 0 Å². The molecule has 0 amide bonds. The molecule has 4 heteroatoms. The van der Waals surface area contributed by atoms with Crippen LogP contribution in [0, 0.1) is 5.92 Å². The highest BCUT2D eigenvalue weighted by molar-refractivity contribution is 7.99. The Labute approximate surface area is 84.8 Å². The van der Waals surface area contributed by atoms with Gasteiger partial charge in [0, 0.05) is 20.6 Å². The fraction of sp³-hybridized carbons (Fsp3) is 0.889. The first-order chi connectivity index (χ1) is 6.36. The van der Waals surface area contributed by atoms with Gasteiger partial charge < -0.3 is 10.6 Å². The van der Waals surface area contributed by atoms with Gasteiger partial charge in [0.05, 0.1) is 0 Å². The van der Waals surface area contributed by atoms with E-state index in [1.165, 1.54) is 24.3 Å². The number of hydrogen-bond donors (Lipinski definition) is 2. The molecule has 1 rings (SSSR count). The second-order valence-corrected chi connectivity index (χ2v) is 4.44. The molecule has 1 saturated heterocycles. The van der Waals surface area contributed by atoms with Gasteiger partial charge in [0.25, 0.3) is 0 Å². The monoisotopic (exact) mass is 201 g/mol. The Kier molecular flexibility index (Phi) is 5.05. The molecule has 1 heterocycles. The number of thioether (sulfide) groups is 1. The third-order valence-electron chi connectivity index (χ3n) is 2.27. The van der Waals surface area contributed by atoms with Gasteiger partial charge in [-0.2, -0.15) is 11.8 Å². The van der Waals surface area contributed by atoms with E-state index < -0.39 is 0 Å². The number of nitrogens with zero attached hydrogens (tertiary/aromatic N) is 1. The van der Waals surface area contributed by atoms with Crippen molar-refractivity contribution in [3.63, 3.8) is 0 Å². The van der Waals surface area contributed by atoms with Crippen LogP contribution in [-0.4, -0.2) is 38.1 Å². The molecule has 0 spiro atoms. The fourth-order valence-corrected chi connectivity index (χ4v) is 2.64. The maximum atomic E-state index is 4.08. The smallest absolute Gasteiger partial charge is 0.190 e. The topological polar surface area (TPSA) is 36.4 Å². The molecule has 0 radical (unpaired) electrons. The zero-order chi connectivity index (χ0) is 9.52. The van der Waals surface area contributed by atoms with E-state index in [1.54, 1.807) is 7.05 Å². The molecule has 0 aromatic carbocycles. The van der Waals surface area contributed by atoms with Gasteiger partial charge in [-0.1, -0.05) is 0 Å². The van der Waals surface area contributed by atoms with Crippen LogP contribution in [0.3, 0.4) is 0 Å². The lowest BCUT2D eigenvalue weighted by molar-refractivity contribution is 0.511. The Balaban J connectivity index is 2.16. The first kappa shape index (κ1) is 10.7. The molecule has 0 aliphatic carbocycles. The van der Waals surface area contributed by atoms with Gasteiger partial charge in [0.2, 0.25) is 0 Å². The van der Waals surface area contributed by atoms with Crippen molar-refractivity contribution in [1.29, 1.82) is 0 Å². The van der Waals surface area contributed by atoms with Crippen LogP contribution in [0.1, 0.15) is 12.8 Å². The van der Waals surface area contributed by atoms with E-state index in [1.807, 2.05) is 7.05 Å². The molecule has 2 N–H and O–H groups in total. The van der Waals surface area contributed by atoms with E-state index in [9.17, 15) is 0 Å². The lowest BCUT2D eigenvalue weighted by Crippen LogP contribution is -2.38. The third kappa shape index (κ3) is 3.89. The largest absolute Gasteiger partial charge is 0.359 e. The van der Waals surface area contributed by atoms with E-state index in [0.29, 0.717) is 0 Å². The van der Waals surface area contributed by atoms with E-state index in [0.717, 1.165) is 18.4 Å². The van der Waals surface area contributed by atoms with Crippen molar-refractivity contribution >= 4 is 17.7 Å². The van der Waals surface area contributed by atoms with Crippen LogP contribution < -0.4 is 10.6 Å². The van der Waals surface area contributed by atoms with Crippen LogP contribution in [0.25, 0.3) is 0 Å². The molecule has 1 fully saturated rings. The standard InChI is InChI=1S/C9H19N3S/c1-10-9(11-2)12-6-8-4-3-5-13-7-8/h8H,3-7H2,1-2H3,(H2,10,11,12). The summed E-state index contributed by atoms with van der Waals surface area (Å²) in [7, 11) is 3.69. The highest BCUT2D eigenvalue weighted by atomic mass is 32.2. The third-order valence-corrected chi connectivity index (χ3v) is 3.56. The van der Waals surface area contributed by atoms with Gasteiger partial charge >= 0.3 is 0 Å². The number of guanidine groups is 1. The van der Waals surface area contributed by atoms with Crippen molar-refractivity contribution in [1.82, 2.24) is 10.6 Å². The zero-order valence-electron chi connectivity index (χ0n) is 8.47.